The second kappa shape index (κ2) is 4.94. The molecule has 1 atom stereocenters. The lowest BCUT2D eigenvalue weighted by Gasteiger charge is -2.13. The van der Waals surface area contributed by atoms with Crippen molar-refractivity contribution in [1.82, 2.24) is 9.97 Å². The molecule has 1 unspecified atom stereocenters. The van der Waals surface area contributed by atoms with Crippen molar-refractivity contribution in [2.24, 2.45) is 0 Å². The monoisotopic (exact) mass is 234 g/mol. The van der Waals surface area contributed by atoms with Crippen LogP contribution in [0.5, 0.6) is 0 Å². The normalized spacial score (nSPS) is 12.1. The number of nitrogens with one attached hydrogen (secondary N) is 2. The summed E-state index contributed by atoms with van der Waals surface area (Å²) < 4.78 is 0. The Morgan fingerprint density at radius 3 is 2.88 bits per heavy atom. The number of aromatic nitrogens is 2. The summed E-state index contributed by atoms with van der Waals surface area (Å²) in [5.74, 6) is 0.858. The largest absolute Gasteiger partial charge is 0.376 e. The maximum absolute atomic E-state index is 4.28. The van der Waals surface area contributed by atoms with Crippen LogP contribution in [0.2, 0.25) is 0 Å². The SMILES string of the molecule is CNc1cc(NC(C)c2nccs2)ccn1. The van der Waals surface area contributed by atoms with Crippen molar-refractivity contribution in [3.05, 3.63) is 34.9 Å². The van der Waals surface area contributed by atoms with Crippen molar-refractivity contribution in [2.45, 2.75) is 13.0 Å². The van der Waals surface area contributed by atoms with Crippen LogP contribution >= 0.6 is 11.3 Å². The van der Waals surface area contributed by atoms with Crippen LogP contribution in [0.3, 0.4) is 0 Å². The summed E-state index contributed by atoms with van der Waals surface area (Å²) in [7, 11) is 1.86. The first-order valence-electron chi connectivity index (χ1n) is 5.09. The summed E-state index contributed by atoms with van der Waals surface area (Å²) >= 11 is 1.66. The van der Waals surface area contributed by atoms with Gasteiger partial charge >= 0.3 is 0 Å². The minimum atomic E-state index is 0.215. The third-order valence-corrected chi connectivity index (χ3v) is 3.18. The molecular weight excluding hydrogens is 220 g/mol. The Kier molecular flexibility index (Phi) is 3.36. The fraction of sp³-hybridized carbons (Fsp3) is 0.273. The van der Waals surface area contributed by atoms with E-state index in [1.807, 2.05) is 30.8 Å². The predicted octanol–water partition coefficient (Wildman–Crippen LogP) is 2.75. The summed E-state index contributed by atoms with van der Waals surface area (Å²) in [4.78, 5) is 8.44. The molecule has 0 saturated carbocycles. The predicted molar refractivity (Wildman–Crippen MR) is 67.9 cm³/mol. The van der Waals surface area contributed by atoms with Crippen molar-refractivity contribution in [2.75, 3.05) is 17.7 Å². The van der Waals surface area contributed by atoms with Crippen LogP contribution in [0.4, 0.5) is 11.5 Å². The topological polar surface area (TPSA) is 49.8 Å². The van der Waals surface area contributed by atoms with E-state index in [0.29, 0.717) is 0 Å². The minimum Gasteiger partial charge on any atom is -0.376 e. The fourth-order valence-electron chi connectivity index (χ4n) is 1.42. The van der Waals surface area contributed by atoms with E-state index in [2.05, 4.69) is 27.5 Å². The molecule has 0 aromatic carbocycles. The molecule has 16 heavy (non-hydrogen) atoms. The zero-order valence-corrected chi connectivity index (χ0v) is 10.1. The van der Waals surface area contributed by atoms with Gasteiger partial charge in [-0.2, -0.15) is 0 Å². The van der Waals surface area contributed by atoms with Gasteiger partial charge in [0.2, 0.25) is 0 Å². The smallest absolute Gasteiger partial charge is 0.127 e. The summed E-state index contributed by atoms with van der Waals surface area (Å²) in [5.41, 5.74) is 1.04. The molecular formula is C11H14N4S. The van der Waals surface area contributed by atoms with Crippen molar-refractivity contribution < 1.29 is 0 Å². The number of thiazole rings is 1. The van der Waals surface area contributed by atoms with Gasteiger partial charge in [0.15, 0.2) is 0 Å². The van der Waals surface area contributed by atoms with Gasteiger partial charge in [-0.1, -0.05) is 0 Å². The highest BCUT2D eigenvalue weighted by molar-refractivity contribution is 7.09. The molecule has 0 amide bonds. The molecule has 2 rings (SSSR count). The number of nitrogens with zero attached hydrogens (tertiary/aromatic N) is 2. The first-order chi connectivity index (χ1) is 7.79. The van der Waals surface area contributed by atoms with Gasteiger partial charge in [-0.25, -0.2) is 9.97 Å². The quantitative estimate of drug-likeness (QED) is 0.854. The number of hydrogen-bond donors (Lipinski definition) is 2. The summed E-state index contributed by atoms with van der Waals surface area (Å²) in [6, 6.07) is 4.14. The van der Waals surface area contributed by atoms with Crippen LogP contribution in [-0.4, -0.2) is 17.0 Å². The van der Waals surface area contributed by atoms with Gasteiger partial charge in [0.05, 0.1) is 6.04 Å². The lowest BCUT2D eigenvalue weighted by Crippen LogP contribution is -2.06. The first-order valence-corrected chi connectivity index (χ1v) is 5.97. The van der Waals surface area contributed by atoms with Gasteiger partial charge in [-0.05, 0) is 13.0 Å². The summed E-state index contributed by atoms with van der Waals surface area (Å²) in [5, 5.41) is 9.47. The molecule has 4 nitrogen and oxygen atoms in total. The Morgan fingerprint density at radius 1 is 1.31 bits per heavy atom. The van der Waals surface area contributed by atoms with Crippen LogP contribution in [0.15, 0.2) is 29.9 Å². The highest BCUT2D eigenvalue weighted by Gasteiger charge is 2.07. The molecule has 84 valence electrons. The maximum atomic E-state index is 4.28. The van der Waals surface area contributed by atoms with Gasteiger partial charge in [0, 0.05) is 36.6 Å². The van der Waals surface area contributed by atoms with E-state index < -0.39 is 0 Å². The van der Waals surface area contributed by atoms with Gasteiger partial charge < -0.3 is 10.6 Å². The Labute approximate surface area is 98.8 Å². The molecule has 0 saturated heterocycles. The zero-order chi connectivity index (χ0) is 11.4. The van der Waals surface area contributed by atoms with Gasteiger partial charge in [-0.3, -0.25) is 0 Å². The molecule has 2 heterocycles. The second-order valence-electron chi connectivity index (χ2n) is 3.42. The van der Waals surface area contributed by atoms with Gasteiger partial charge in [0.1, 0.15) is 10.8 Å². The van der Waals surface area contributed by atoms with Crippen molar-refractivity contribution >= 4 is 22.8 Å². The molecule has 0 fully saturated rings. The van der Waals surface area contributed by atoms with E-state index in [4.69, 9.17) is 0 Å². The molecule has 0 aliphatic rings. The van der Waals surface area contributed by atoms with E-state index in [1.54, 1.807) is 17.5 Å². The fourth-order valence-corrected chi connectivity index (χ4v) is 2.06. The lowest BCUT2D eigenvalue weighted by molar-refractivity contribution is 0.869. The third-order valence-electron chi connectivity index (χ3n) is 2.22. The number of anilines is 2. The second-order valence-corrected chi connectivity index (χ2v) is 4.34. The number of hydrogen-bond acceptors (Lipinski definition) is 5. The third kappa shape index (κ3) is 2.49. The molecule has 0 spiro atoms. The van der Waals surface area contributed by atoms with Crippen LogP contribution in [0.1, 0.15) is 18.0 Å². The highest BCUT2D eigenvalue weighted by atomic mass is 32.1. The molecule has 5 heteroatoms. The molecule has 0 radical (unpaired) electrons. The molecule has 0 aliphatic heterocycles. The van der Waals surface area contributed by atoms with Crippen molar-refractivity contribution in [3.8, 4) is 0 Å². The highest BCUT2D eigenvalue weighted by Crippen LogP contribution is 2.21. The van der Waals surface area contributed by atoms with Gasteiger partial charge in [0.25, 0.3) is 0 Å². The van der Waals surface area contributed by atoms with E-state index in [0.717, 1.165) is 16.5 Å². The summed E-state index contributed by atoms with van der Waals surface area (Å²) in [6.45, 7) is 2.10. The van der Waals surface area contributed by atoms with E-state index >= 15 is 0 Å². The van der Waals surface area contributed by atoms with Crippen LogP contribution < -0.4 is 10.6 Å². The minimum absolute atomic E-state index is 0.215. The molecule has 2 aromatic rings. The summed E-state index contributed by atoms with van der Waals surface area (Å²) in [6.07, 6.45) is 3.60. The van der Waals surface area contributed by atoms with Gasteiger partial charge in [-0.15, -0.1) is 11.3 Å². The zero-order valence-electron chi connectivity index (χ0n) is 9.27. The number of rotatable bonds is 4. The Hall–Kier alpha value is -1.62. The molecule has 2 N–H and O–H groups in total. The Morgan fingerprint density at radius 2 is 2.19 bits per heavy atom. The molecule has 2 aromatic heterocycles. The Balaban J connectivity index is 2.08. The maximum Gasteiger partial charge on any atom is 0.127 e. The number of pyridine rings is 1. The van der Waals surface area contributed by atoms with E-state index in [-0.39, 0.29) is 6.04 Å². The van der Waals surface area contributed by atoms with E-state index in [1.165, 1.54) is 0 Å². The molecule has 0 bridgehead atoms. The van der Waals surface area contributed by atoms with Crippen LogP contribution in [0.25, 0.3) is 0 Å². The van der Waals surface area contributed by atoms with Crippen molar-refractivity contribution in [3.63, 3.8) is 0 Å². The van der Waals surface area contributed by atoms with Crippen LogP contribution in [-0.2, 0) is 0 Å². The lowest BCUT2D eigenvalue weighted by atomic mass is 10.3. The van der Waals surface area contributed by atoms with E-state index in [9.17, 15) is 0 Å². The standard InChI is InChI=1S/C11H14N4S/c1-8(11-14-5-6-16-11)15-9-3-4-13-10(7-9)12-2/h3-8H,1-2H3,(H2,12,13,15). The Bertz CT molecular complexity index is 441. The molecule has 0 aliphatic carbocycles. The van der Waals surface area contributed by atoms with Crippen molar-refractivity contribution in [1.29, 1.82) is 0 Å². The first kappa shape index (κ1) is 10.9. The average molecular weight is 234 g/mol. The average Bonchev–Trinajstić information content (AvgIpc) is 2.83. The van der Waals surface area contributed by atoms with Crippen LogP contribution in [0, 0.1) is 0 Å².